The zero-order valence-electron chi connectivity index (χ0n) is 8.58. The van der Waals surface area contributed by atoms with Gasteiger partial charge in [-0.15, -0.1) is 0 Å². The summed E-state index contributed by atoms with van der Waals surface area (Å²) in [7, 11) is 0. The van der Waals surface area contributed by atoms with Crippen molar-refractivity contribution in [2.75, 3.05) is 19.8 Å². The second-order valence-corrected chi connectivity index (χ2v) is 4.70. The maximum Gasteiger partial charge on any atom is 0.0548 e. The van der Waals surface area contributed by atoms with Crippen LogP contribution < -0.4 is 0 Å². The molecule has 0 amide bonds. The molecule has 1 unspecified atom stereocenters. The van der Waals surface area contributed by atoms with E-state index >= 15 is 0 Å². The van der Waals surface area contributed by atoms with Crippen molar-refractivity contribution in [3.63, 3.8) is 0 Å². The van der Waals surface area contributed by atoms with E-state index in [-0.39, 0.29) is 12.0 Å². The van der Waals surface area contributed by atoms with Crippen LogP contribution in [0.2, 0.25) is 5.02 Å². The average molecular weight is 227 g/mol. The van der Waals surface area contributed by atoms with Crippen LogP contribution in [0.1, 0.15) is 12.0 Å². The Bertz CT molecular complexity index is 315. The monoisotopic (exact) mass is 226 g/mol. The fraction of sp³-hybridized carbons (Fsp3) is 0.500. The molecule has 1 aliphatic rings. The Morgan fingerprint density at radius 3 is 2.60 bits per heavy atom. The number of aliphatic hydroxyl groups excluding tert-OH is 1. The van der Waals surface area contributed by atoms with Gasteiger partial charge < -0.3 is 9.84 Å². The summed E-state index contributed by atoms with van der Waals surface area (Å²) < 4.78 is 5.36. The van der Waals surface area contributed by atoms with Gasteiger partial charge in [0.15, 0.2) is 0 Å². The minimum absolute atomic E-state index is 0.0756. The quantitative estimate of drug-likeness (QED) is 0.857. The lowest BCUT2D eigenvalue weighted by molar-refractivity contribution is 0.0935. The van der Waals surface area contributed by atoms with Gasteiger partial charge in [-0.1, -0.05) is 23.7 Å². The van der Waals surface area contributed by atoms with Crippen molar-refractivity contribution >= 4 is 11.6 Å². The second kappa shape index (κ2) is 4.52. The van der Waals surface area contributed by atoms with Crippen molar-refractivity contribution < 1.29 is 9.84 Å². The first-order chi connectivity index (χ1) is 7.24. The Balaban J connectivity index is 2.09. The summed E-state index contributed by atoms with van der Waals surface area (Å²) in [6.07, 6.45) is 1.80. The van der Waals surface area contributed by atoms with Crippen molar-refractivity contribution in [3.8, 4) is 0 Å². The fourth-order valence-electron chi connectivity index (χ4n) is 2.00. The van der Waals surface area contributed by atoms with Crippen molar-refractivity contribution in [1.82, 2.24) is 0 Å². The van der Waals surface area contributed by atoms with Crippen LogP contribution in [0, 0.1) is 5.41 Å². The van der Waals surface area contributed by atoms with Gasteiger partial charge in [0.2, 0.25) is 0 Å². The number of ether oxygens (including phenoxy) is 1. The van der Waals surface area contributed by atoms with Crippen molar-refractivity contribution in [3.05, 3.63) is 34.9 Å². The topological polar surface area (TPSA) is 29.5 Å². The van der Waals surface area contributed by atoms with Gasteiger partial charge in [-0.2, -0.15) is 0 Å². The summed E-state index contributed by atoms with van der Waals surface area (Å²) in [5, 5.41) is 10.2. The van der Waals surface area contributed by atoms with E-state index in [1.54, 1.807) is 0 Å². The molecule has 1 aromatic rings. The lowest BCUT2D eigenvalue weighted by Crippen LogP contribution is -2.28. The molecular formula is C12H15ClO2. The van der Waals surface area contributed by atoms with E-state index in [1.807, 2.05) is 24.3 Å². The Kier molecular flexibility index (Phi) is 3.29. The molecule has 2 nitrogen and oxygen atoms in total. The molecule has 2 rings (SSSR count). The standard InChI is InChI=1S/C12H15ClO2/c13-11-3-1-10(2-4-11)7-12(8-14)5-6-15-9-12/h1-4,14H,5-9H2. The molecule has 1 N–H and O–H groups in total. The van der Waals surface area contributed by atoms with E-state index in [1.165, 1.54) is 5.56 Å². The van der Waals surface area contributed by atoms with Gasteiger partial charge in [-0.25, -0.2) is 0 Å². The molecular weight excluding hydrogens is 212 g/mol. The summed E-state index contributed by atoms with van der Waals surface area (Å²) in [5.41, 5.74) is 1.13. The lowest BCUT2D eigenvalue weighted by Gasteiger charge is -2.24. The van der Waals surface area contributed by atoms with Gasteiger partial charge in [0.25, 0.3) is 0 Å². The minimum Gasteiger partial charge on any atom is -0.396 e. The van der Waals surface area contributed by atoms with Crippen molar-refractivity contribution in [1.29, 1.82) is 0 Å². The molecule has 1 fully saturated rings. The van der Waals surface area contributed by atoms with Crippen LogP contribution in [0.5, 0.6) is 0 Å². The molecule has 15 heavy (non-hydrogen) atoms. The smallest absolute Gasteiger partial charge is 0.0548 e. The molecule has 0 saturated carbocycles. The van der Waals surface area contributed by atoms with Crippen LogP contribution >= 0.6 is 11.6 Å². The Hall–Kier alpha value is -0.570. The normalized spacial score (nSPS) is 25.7. The third-order valence-electron chi connectivity index (χ3n) is 3.01. The van der Waals surface area contributed by atoms with Crippen LogP contribution in [-0.4, -0.2) is 24.9 Å². The Morgan fingerprint density at radius 1 is 1.33 bits per heavy atom. The van der Waals surface area contributed by atoms with Crippen LogP contribution in [-0.2, 0) is 11.2 Å². The highest BCUT2D eigenvalue weighted by Gasteiger charge is 2.34. The molecule has 1 atom stereocenters. The number of halogens is 1. The molecule has 82 valence electrons. The molecule has 0 aromatic heterocycles. The summed E-state index contributed by atoms with van der Waals surface area (Å²) in [5.74, 6) is 0. The molecule has 0 aliphatic carbocycles. The molecule has 1 aliphatic heterocycles. The van der Waals surface area contributed by atoms with Crippen LogP contribution in [0.15, 0.2) is 24.3 Å². The van der Waals surface area contributed by atoms with Gasteiger partial charge in [-0.05, 0) is 30.5 Å². The first kappa shape index (κ1) is 10.9. The fourth-order valence-corrected chi connectivity index (χ4v) is 2.13. The summed E-state index contributed by atoms with van der Waals surface area (Å²) in [6.45, 7) is 1.61. The van der Waals surface area contributed by atoms with Gasteiger partial charge in [0.1, 0.15) is 0 Å². The Labute approximate surface area is 94.8 Å². The van der Waals surface area contributed by atoms with E-state index in [4.69, 9.17) is 16.3 Å². The zero-order valence-corrected chi connectivity index (χ0v) is 9.33. The largest absolute Gasteiger partial charge is 0.396 e. The SMILES string of the molecule is OCC1(Cc2ccc(Cl)cc2)CCOC1. The van der Waals surface area contributed by atoms with Gasteiger partial charge >= 0.3 is 0 Å². The number of rotatable bonds is 3. The van der Waals surface area contributed by atoms with Crippen LogP contribution in [0.4, 0.5) is 0 Å². The van der Waals surface area contributed by atoms with Crippen molar-refractivity contribution in [2.45, 2.75) is 12.8 Å². The number of aliphatic hydroxyl groups is 1. The highest BCUT2D eigenvalue weighted by molar-refractivity contribution is 6.30. The average Bonchev–Trinajstić information content (AvgIpc) is 2.71. The summed E-state index contributed by atoms with van der Waals surface area (Å²) >= 11 is 5.82. The van der Waals surface area contributed by atoms with Gasteiger partial charge in [0, 0.05) is 17.0 Å². The maximum atomic E-state index is 9.43. The lowest BCUT2D eigenvalue weighted by atomic mass is 9.82. The minimum atomic E-state index is -0.0756. The van der Waals surface area contributed by atoms with E-state index in [2.05, 4.69) is 0 Å². The third kappa shape index (κ3) is 2.51. The van der Waals surface area contributed by atoms with E-state index in [9.17, 15) is 5.11 Å². The molecule has 1 aromatic carbocycles. The molecule has 1 heterocycles. The summed E-state index contributed by atoms with van der Waals surface area (Å²) in [6, 6.07) is 7.80. The first-order valence-electron chi connectivity index (χ1n) is 5.17. The number of hydrogen-bond donors (Lipinski definition) is 1. The summed E-state index contributed by atoms with van der Waals surface area (Å²) in [4.78, 5) is 0. The highest BCUT2D eigenvalue weighted by atomic mass is 35.5. The molecule has 3 heteroatoms. The number of hydrogen-bond acceptors (Lipinski definition) is 2. The van der Waals surface area contributed by atoms with E-state index in [0.29, 0.717) is 6.61 Å². The third-order valence-corrected chi connectivity index (χ3v) is 3.26. The van der Waals surface area contributed by atoms with Gasteiger partial charge in [-0.3, -0.25) is 0 Å². The predicted octanol–water partition coefficient (Wildman–Crippen LogP) is 2.28. The predicted molar refractivity (Wildman–Crippen MR) is 60.1 cm³/mol. The molecule has 1 saturated heterocycles. The van der Waals surface area contributed by atoms with E-state index in [0.717, 1.165) is 24.5 Å². The first-order valence-corrected chi connectivity index (χ1v) is 5.55. The molecule has 0 radical (unpaired) electrons. The van der Waals surface area contributed by atoms with Crippen LogP contribution in [0.25, 0.3) is 0 Å². The highest BCUT2D eigenvalue weighted by Crippen LogP contribution is 2.32. The number of benzene rings is 1. The van der Waals surface area contributed by atoms with E-state index < -0.39 is 0 Å². The molecule has 0 spiro atoms. The molecule has 0 bridgehead atoms. The van der Waals surface area contributed by atoms with Crippen molar-refractivity contribution in [2.24, 2.45) is 5.41 Å². The van der Waals surface area contributed by atoms with Crippen LogP contribution in [0.3, 0.4) is 0 Å². The zero-order chi connectivity index (χ0) is 10.7. The Morgan fingerprint density at radius 2 is 2.07 bits per heavy atom. The maximum absolute atomic E-state index is 9.43. The van der Waals surface area contributed by atoms with Gasteiger partial charge in [0.05, 0.1) is 13.2 Å². The second-order valence-electron chi connectivity index (χ2n) is 4.26.